The summed E-state index contributed by atoms with van der Waals surface area (Å²) in [6.45, 7) is 0. The normalized spacial score (nSPS) is 17.5. The van der Waals surface area contributed by atoms with Gasteiger partial charge in [-0.3, -0.25) is 0 Å². The number of benzene rings is 2. The van der Waals surface area contributed by atoms with Gasteiger partial charge in [0.05, 0.1) is 22.4 Å². The van der Waals surface area contributed by atoms with Crippen LogP contribution in [0.15, 0.2) is 46.0 Å². The SMILES string of the molecule is FC(F)(F)c1cc(C2CC(Cc3cc(C(F)(F)F)ccc3Br)=NO2)cc(C(F)(F)F)c1. The zero-order valence-corrected chi connectivity index (χ0v) is 16.7. The molecule has 1 aliphatic heterocycles. The summed E-state index contributed by atoms with van der Waals surface area (Å²) < 4.78 is 117. The van der Waals surface area contributed by atoms with Gasteiger partial charge in [-0.25, -0.2) is 0 Å². The molecule has 31 heavy (non-hydrogen) atoms. The van der Waals surface area contributed by atoms with E-state index in [1.807, 2.05) is 0 Å². The van der Waals surface area contributed by atoms with E-state index in [0.717, 1.165) is 12.1 Å². The van der Waals surface area contributed by atoms with Crippen molar-refractivity contribution >= 4 is 21.6 Å². The minimum Gasteiger partial charge on any atom is -0.387 e. The lowest BCUT2D eigenvalue weighted by Crippen LogP contribution is -2.13. The Morgan fingerprint density at radius 2 is 1.35 bits per heavy atom. The van der Waals surface area contributed by atoms with Gasteiger partial charge < -0.3 is 4.84 Å². The molecule has 0 N–H and O–H groups in total. The van der Waals surface area contributed by atoms with Gasteiger partial charge in [-0.05, 0) is 47.5 Å². The first kappa shape index (κ1) is 23.4. The summed E-state index contributed by atoms with van der Waals surface area (Å²) in [6.07, 6.45) is -16.2. The highest BCUT2D eigenvalue weighted by Gasteiger charge is 2.38. The maximum absolute atomic E-state index is 13.0. The molecule has 0 fully saturated rings. The molecule has 1 unspecified atom stereocenters. The van der Waals surface area contributed by atoms with Crippen molar-refractivity contribution in [2.24, 2.45) is 5.16 Å². The summed E-state index contributed by atoms with van der Waals surface area (Å²) in [5.41, 5.74) is -3.91. The lowest BCUT2D eigenvalue weighted by atomic mass is 9.96. The van der Waals surface area contributed by atoms with Crippen molar-refractivity contribution in [2.45, 2.75) is 37.5 Å². The van der Waals surface area contributed by atoms with Crippen molar-refractivity contribution in [1.82, 2.24) is 0 Å². The Hall–Kier alpha value is -2.24. The Kier molecular flexibility index (Phi) is 6.07. The molecule has 1 atom stereocenters. The van der Waals surface area contributed by atoms with Crippen LogP contribution in [0, 0.1) is 0 Å². The Bertz CT molecular complexity index is 977. The molecule has 0 aliphatic carbocycles. The second-order valence-corrected chi connectivity index (χ2v) is 7.63. The summed E-state index contributed by atoms with van der Waals surface area (Å²) in [5, 5.41) is 3.66. The van der Waals surface area contributed by atoms with Crippen LogP contribution in [0.3, 0.4) is 0 Å². The highest BCUT2D eigenvalue weighted by atomic mass is 79.9. The van der Waals surface area contributed by atoms with Crippen LogP contribution in [-0.4, -0.2) is 5.71 Å². The lowest BCUT2D eigenvalue weighted by molar-refractivity contribution is -0.143. The maximum atomic E-state index is 13.0. The van der Waals surface area contributed by atoms with Crippen LogP contribution >= 0.6 is 15.9 Å². The van der Waals surface area contributed by atoms with E-state index in [0.29, 0.717) is 16.6 Å². The molecule has 0 spiro atoms. The van der Waals surface area contributed by atoms with Crippen molar-refractivity contribution in [2.75, 3.05) is 0 Å². The first-order chi connectivity index (χ1) is 14.1. The van der Waals surface area contributed by atoms with Gasteiger partial charge in [-0.2, -0.15) is 39.5 Å². The predicted octanol–water partition coefficient (Wildman–Crippen LogP) is 7.57. The number of hydrogen-bond acceptors (Lipinski definition) is 2. The largest absolute Gasteiger partial charge is 0.416 e. The zero-order chi connectivity index (χ0) is 23.2. The molecule has 2 nitrogen and oxygen atoms in total. The highest BCUT2D eigenvalue weighted by molar-refractivity contribution is 9.10. The second kappa shape index (κ2) is 8.03. The molecule has 0 amide bonds. The molecule has 2 aromatic rings. The van der Waals surface area contributed by atoms with E-state index < -0.39 is 41.3 Å². The van der Waals surface area contributed by atoms with Crippen molar-refractivity contribution < 1.29 is 44.4 Å². The Morgan fingerprint density at radius 1 is 0.806 bits per heavy atom. The third kappa shape index (κ3) is 5.52. The minimum atomic E-state index is -5.01. The van der Waals surface area contributed by atoms with E-state index in [1.165, 1.54) is 6.07 Å². The van der Waals surface area contributed by atoms with E-state index in [1.54, 1.807) is 0 Å². The first-order valence-corrected chi connectivity index (χ1v) is 9.30. The van der Waals surface area contributed by atoms with Crippen molar-refractivity contribution in [3.63, 3.8) is 0 Å². The standard InChI is InChI=1S/C19H11BrF9NO/c20-15-2-1-11(17(21,22)23)3-9(15)6-14-8-16(31-30-14)10-4-12(18(24,25)26)7-13(5-10)19(27,28)29/h1-5,7,16H,6,8H2. The van der Waals surface area contributed by atoms with Gasteiger partial charge in [-0.1, -0.05) is 21.1 Å². The summed E-state index contributed by atoms with van der Waals surface area (Å²) in [5.74, 6) is 0. The second-order valence-electron chi connectivity index (χ2n) is 6.78. The fourth-order valence-corrected chi connectivity index (χ4v) is 3.37. The fourth-order valence-electron chi connectivity index (χ4n) is 2.98. The predicted molar refractivity (Wildman–Crippen MR) is 95.2 cm³/mol. The smallest absolute Gasteiger partial charge is 0.387 e. The van der Waals surface area contributed by atoms with Gasteiger partial charge in [0.15, 0.2) is 6.10 Å². The van der Waals surface area contributed by atoms with Crippen molar-refractivity contribution in [3.8, 4) is 0 Å². The fraction of sp³-hybridized carbons (Fsp3) is 0.316. The molecule has 1 heterocycles. The van der Waals surface area contributed by atoms with E-state index >= 15 is 0 Å². The molecule has 0 saturated heterocycles. The van der Waals surface area contributed by atoms with Crippen LogP contribution in [0.2, 0.25) is 0 Å². The summed E-state index contributed by atoms with van der Waals surface area (Å²) in [6, 6.07) is 4.02. The Labute approximate surface area is 177 Å². The highest BCUT2D eigenvalue weighted by Crippen LogP contribution is 2.40. The molecule has 168 valence electrons. The van der Waals surface area contributed by atoms with E-state index in [9.17, 15) is 39.5 Å². The third-order valence-corrected chi connectivity index (χ3v) is 5.25. The Morgan fingerprint density at radius 3 is 1.87 bits per heavy atom. The van der Waals surface area contributed by atoms with Crippen LogP contribution in [0.5, 0.6) is 0 Å². The van der Waals surface area contributed by atoms with Crippen LogP contribution in [-0.2, 0) is 29.8 Å². The third-order valence-electron chi connectivity index (χ3n) is 4.48. The molecular formula is C19H11BrF9NO. The van der Waals surface area contributed by atoms with Crippen LogP contribution < -0.4 is 0 Å². The Balaban J connectivity index is 1.84. The van der Waals surface area contributed by atoms with Crippen LogP contribution in [0.4, 0.5) is 39.5 Å². The number of alkyl halides is 9. The average molecular weight is 520 g/mol. The summed E-state index contributed by atoms with van der Waals surface area (Å²) in [4.78, 5) is 5.01. The van der Waals surface area contributed by atoms with Gasteiger partial charge in [-0.15, -0.1) is 0 Å². The van der Waals surface area contributed by atoms with Crippen molar-refractivity contribution in [3.05, 3.63) is 68.7 Å². The topological polar surface area (TPSA) is 21.6 Å². The summed E-state index contributed by atoms with van der Waals surface area (Å²) in [7, 11) is 0. The van der Waals surface area contributed by atoms with Crippen molar-refractivity contribution in [1.29, 1.82) is 0 Å². The molecule has 1 aliphatic rings. The van der Waals surface area contributed by atoms with Gasteiger partial charge in [0, 0.05) is 17.3 Å². The number of oxime groups is 1. The number of hydrogen-bond donors (Lipinski definition) is 0. The molecule has 0 radical (unpaired) electrons. The quantitative estimate of drug-likeness (QED) is 0.383. The number of halogens is 10. The minimum absolute atomic E-state index is 0.0000329. The van der Waals surface area contributed by atoms with Gasteiger partial charge in [0.25, 0.3) is 0 Å². The van der Waals surface area contributed by atoms with E-state index in [4.69, 9.17) is 4.84 Å². The maximum Gasteiger partial charge on any atom is 0.416 e. The zero-order valence-electron chi connectivity index (χ0n) is 15.1. The number of rotatable bonds is 3. The molecular weight excluding hydrogens is 509 g/mol. The molecule has 0 aromatic heterocycles. The van der Waals surface area contributed by atoms with E-state index in [-0.39, 0.29) is 35.7 Å². The monoisotopic (exact) mass is 519 g/mol. The van der Waals surface area contributed by atoms with Gasteiger partial charge in [0.2, 0.25) is 0 Å². The van der Waals surface area contributed by atoms with E-state index in [2.05, 4.69) is 21.1 Å². The number of nitrogens with zero attached hydrogens (tertiary/aromatic N) is 1. The molecule has 0 saturated carbocycles. The van der Waals surface area contributed by atoms with Crippen LogP contribution in [0.1, 0.15) is 40.3 Å². The summed E-state index contributed by atoms with van der Waals surface area (Å²) >= 11 is 3.11. The average Bonchev–Trinajstić information content (AvgIpc) is 3.09. The molecule has 3 rings (SSSR count). The first-order valence-electron chi connectivity index (χ1n) is 8.51. The molecule has 12 heteroatoms. The molecule has 2 aromatic carbocycles. The van der Waals surface area contributed by atoms with Gasteiger partial charge >= 0.3 is 18.5 Å². The van der Waals surface area contributed by atoms with Crippen LogP contribution in [0.25, 0.3) is 0 Å². The van der Waals surface area contributed by atoms with Gasteiger partial charge in [0.1, 0.15) is 0 Å². The molecule has 0 bridgehead atoms. The lowest BCUT2D eigenvalue weighted by Gasteiger charge is -2.16.